The standard InChI is InChI=1S/C21H18F2N4/c22-20(23)15-27-21(18-3-1-9-25-13-18,19-4-2-10-26-14-19)11-16-5-7-17(12-24)8-6-16/h1-10,13-14,20,27H,11,15H2. The van der Waals surface area contributed by atoms with Gasteiger partial charge in [0.15, 0.2) is 0 Å². The van der Waals surface area contributed by atoms with Crippen LogP contribution in [0.5, 0.6) is 0 Å². The number of nitriles is 1. The zero-order valence-electron chi connectivity index (χ0n) is 14.5. The smallest absolute Gasteiger partial charge is 0.250 e. The number of hydrogen-bond donors (Lipinski definition) is 1. The lowest BCUT2D eigenvalue weighted by Gasteiger charge is -2.36. The lowest BCUT2D eigenvalue weighted by atomic mass is 9.79. The van der Waals surface area contributed by atoms with Crippen LogP contribution in [-0.4, -0.2) is 22.9 Å². The Bertz CT molecular complexity index is 851. The van der Waals surface area contributed by atoms with Crippen molar-refractivity contribution in [3.05, 3.63) is 95.6 Å². The molecule has 2 heterocycles. The van der Waals surface area contributed by atoms with E-state index in [0.717, 1.165) is 16.7 Å². The molecule has 0 unspecified atom stereocenters. The van der Waals surface area contributed by atoms with Gasteiger partial charge in [0.25, 0.3) is 6.43 Å². The lowest BCUT2D eigenvalue weighted by Crippen LogP contribution is -2.47. The fraction of sp³-hybridized carbons (Fsp3) is 0.190. The summed E-state index contributed by atoms with van der Waals surface area (Å²) in [5.74, 6) is 0. The van der Waals surface area contributed by atoms with Crippen LogP contribution in [0.3, 0.4) is 0 Å². The predicted molar refractivity (Wildman–Crippen MR) is 98.1 cm³/mol. The third-order valence-electron chi connectivity index (χ3n) is 4.42. The van der Waals surface area contributed by atoms with Crippen LogP contribution < -0.4 is 5.32 Å². The first kappa shape index (κ1) is 18.6. The Kier molecular flexibility index (Phi) is 5.84. The normalized spacial score (nSPS) is 11.3. The number of benzene rings is 1. The molecule has 0 saturated heterocycles. The summed E-state index contributed by atoms with van der Waals surface area (Å²) in [6.07, 6.45) is 4.55. The number of nitrogens with one attached hydrogen (secondary N) is 1. The highest BCUT2D eigenvalue weighted by Gasteiger charge is 2.35. The van der Waals surface area contributed by atoms with Crippen LogP contribution in [0.15, 0.2) is 73.3 Å². The van der Waals surface area contributed by atoms with Gasteiger partial charge in [0.1, 0.15) is 0 Å². The largest absolute Gasteiger partial charge is 0.298 e. The zero-order chi connectivity index (χ0) is 19.1. The molecule has 2 aromatic heterocycles. The van der Waals surface area contributed by atoms with E-state index in [0.29, 0.717) is 12.0 Å². The maximum Gasteiger partial charge on any atom is 0.250 e. The van der Waals surface area contributed by atoms with Crippen molar-refractivity contribution >= 4 is 0 Å². The third-order valence-corrected chi connectivity index (χ3v) is 4.42. The number of halogens is 2. The SMILES string of the molecule is N#Cc1ccc(CC(NCC(F)F)(c2cccnc2)c2cccnc2)cc1. The molecule has 3 rings (SSSR count). The average Bonchev–Trinajstić information content (AvgIpc) is 2.73. The van der Waals surface area contributed by atoms with Gasteiger partial charge in [0.05, 0.1) is 23.7 Å². The first-order valence-corrected chi connectivity index (χ1v) is 8.47. The van der Waals surface area contributed by atoms with E-state index in [4.69, 9.17) is 5.26 Å². The van der Waals surface area contributed by atoms with Crippen molar-refractivity contribution in [3.8, 4) is 6.07 Å². The zero-order valence-corrected chi connectivity index (χ0v) is 14.5. The molecule has 0 fully saturated rings. The van der Waals surface area contributed by atoms with Gasteiger partial charge in [-0.1, -0.05) is 24.3 Å². The van der Waals surface area contributed by atoms with Crippen molar-refractivity contribution in [1.82, 2.24) is 15.3 Å². The number of nitrogens with zero attached hydrogens (tertiary/aromatic N) is 3. The van der Waals surface area contributed by atoms with E-state index < -0.39 is 18.5 Å². The maximum atomic E-state index is 13.1. The molecule has 0 aliphatic rings. The van der Waals surface area contributed by atoms with Gasteiger partial charge in [-0.3, -0.25) is 15.3 Å². The number of rotatable bonds is 7. The Morgan fingerprint density at radius 1 is 0.963 bits per heavy atom. The van der Waals surface area contributed by atoms with Gasteiger partial charge >= 0.3 is 0 Å². The molecule has 0 atom stereocenters. The Morgan fingerprint density at radius 3 is 2.00 bits per heavy atom. The molecule has 6 heteroatoms. The van der Waals surface area contributed by atoms with E-state index in [9.17, 15) is 8.78 Å². The summed E-state index contributed by atoms with van der Waals surface area (Å²) >= 11 is 0. The summed E-state index contributed by atoms with van der Waals surface area (Å²) in [7, 11) is 0. The van der Waals surface area contributed by atoms with Crippen LogP contribution in [0.4, 0.5) is 8.78 Å². The number of pyridine rings is 2. The first-order chi connectivity index (χ1) is 13.1. The quantitative estimate of drug-likeness (QED) is 0.695. The highest BCUT2D eigenvalue weighted by molar-refractivity contribution is 5.40. The first-order valence-electron chi connectivity index (χ1n) is 8.47. The molecule has 3 aromatic rings. The van der Waals surface area contributed by atoms with Gasteiger partial charge in [-0.15, -0.1) is 0 Å². The van der Waals surface area contributed by atoms with Crippen molar-refractivity contribution < 1.29 is 8.78 Å². The molecule has 0 bridgehead atoms. The van der Waals surface area contributed by atoms with Gasteiger partial charge < -0.3 is 0 Å². The molecule has 136 valence electrons. The van der Waals surface area contributed by atoms with Crippen LogP contribution in [0.2, 0.25) is 0 Å². The molecule has 0 amide bonds. The van der Waals surface area contributed by atoms with Crippen molar-refractivity contribution in [2.24, 2.45) is 0 Å². The molecule has 0 aliphatic carbocycles. The van der Waals surface area contributed by atoms with Gasteiger partial charge in [-0.05, 0) is 47.4 Å². The minimum absolute atomic E-state index is 0.406. The topological polar surface area (TPSA) is 61.6 Å². The highest BCUT2D eigenvalue weighted by atomic mass is 19.3. The second-order valence-corrected chi connectivity index (χ2v) is 6.15. The molecule has 0 aliphatic heterocycles. The molecule has 1 N–H and O–H groups in total. The monoisotopic (exact) mass is 364 g/mol. The minimum atomic E-state index is -2.50. The average molecular weight is 364 g/mol. The molecule has 0 spiro atoms. The summed E-state index contributed by atoms with van der Waals surface area (Å²) in [5, 5.41) is 12.0. The molecular weight excluding hydrogens is 346 g/mol. The summed E-state index contributed by atoms with van der Waals surface area (Å²) in [4.78, 5) is 8.36. The van der Waals surface area contributed by atoms with Gasteiger partial charge in [0, 0.05) is 24.8 Å². The second kappa shape index (κ2) is 8.47. The van der Waals surface area contributed by atoms with E-state index in [1.54, 1.807) is 49.1 Å². The summed E-state index contributed by atoms with van der Waals surface area (Å²) in [5.41, 5.74) is 2.06. The fourth-order valence-electron chi connectivity index (χ4n) is 3.12. The number of aromatic nitrogens is 2. The number of alkyl halides is 2. The van der Waals surface area contributed by atoms with Gasteiger partial charge in [-0.2, -0.15) is 5.26 Å². The fourth-order valence-corrected chi connectivity index (χ4v) is 3.12. The number of hydrogen-bond acceptors (Lipinski definition) is 4. The highest BCUT2D eigenvalue weighted by Crippen LogP contribution is 2.33. The Balaban J connectivity index is 2.11. The van der Waals surface area contributed by atoms with Crippen LogP contribution in [-0.2, 0) is 12.0 Å². The lowest BCUT2D eigenvalue weighted by molar-refractivity contribution is 0.133. The van der Waals surface area contributed by atoms with Crippen molar-refractivity contribution in [2.45, 2.75) is 18.4 Å². The Labute approximate surface area is 156 Å². The van der Waals surface area contributed by atoms with Crippen molar-refractivity contribution in [1.29, 1.82) is 5.26 Å². The maximum absolute atomic E-state index is 13.1. The summed E-state index contributed by atoms with van der Waals surface area (Å²) in [6, 6.07) is 16.5. The minimum Gasteiger partial charge on any atom is -0.298 e. The van der Waals surface area contributed by atoms with E-state index in [1.807, 2.05) is 24.3 Å². The third kappa shape index (κ3) is 4.33. The second-order valence-electron chi connectivity index (χ2n) is 6.15. The van der Waals surface area contributed by atoms with E-state index in [1.165, 1.54) is 0 Å². The van der Waals surface area contributed by atoms with Crippen LogP contribution >= 0.6 is 0 Å². The molecule has 0 saturated carbocycles. The van der Waals surface area contributed by atoms with E-state index in [2.05, 4.69) is 21.4 Å². The van der Waals surface area contributed by atoms with E-state index >= 15 is 0 Å². The van der Waals surface area contributed by atoms with Gasteiger partial charge in [0.2, 0.25) is 0 Å². The summed E-state index contributed by atoms with van der Waals surface area (Å²) < 4.78 is 26.2. The molecule has 4 nitrogen and oxygen atoms in total. The van der Waals surface area contributed by atoms with E-state index in [-0.39, 0.29) is 0 Å². The van der Waals surface area contributed by atoms with Crippen molar-refractivity contribution in [2.75, 3.05) is 6.54 Å². The van der Waals surface area contributed by atoms with Crippen LogP contribution in [0, 0.1) is 11.3 Å². The molecule has 1 aromatic carbocycles. The molecule has 27 heavy (non-hydrogen) atoms. The molecule has 0 radical (unpaired) electrons. The van der Waals surface area contributed by atoms with Crippen LogP contribution in [0.1, 0.15) is 22.3 Å². The van der Waals surface area contributed by atoms with Gasteiger partial charge in [-0.25, -0.2) is 8.78 Å². The molecular formula is C21H18F2N4. The summed E-state index contributed by atoms with van der Waals surface area (Å²) in [6.45, 7) is -0.472. The Morgan fingerprint density at radius 2 is 1.56 bits per heavy atom. The van der Waals surface area contributed by atoms with Crippen LogP contribution in [0.25, 0.3) is 0 Å². The Hall–Kier alpha value is -3.17. The van der Waals surface area contributed by atoms with Crippen molar-refractivity contribution in [3.63, 3.8) is 0 Å². The predicted octanol–water partition coefficient (Wildman–Crippen LogP) is 3.69.